The molecular weight excluding hydrogens is 224 g/mol. The summed E-state index contributed by atoms with van der Waals surface area (Å²) >= 11 is 0. The van der Waals surface area contributed by atoms with E-state index in [0.29, 0.717) is 6.04 Å². The summed E-state index contributed by atoms with van der Waals surface area (Å²) in [4.78, 5) is 0. The van der Waals surface area contributed by atoms with E-state index >= 15 is 0 Å². The largest absolute Gasteiger partial charge is 0.490 e. The van der Waals surface area contributed by atoms with E-state index in [1.54, 1.807) is 0 Å². The van der Waals surface area contributed by atoms with Crippen LogP contribution in [0.5, 0.6) is 5.75 Å². The van der Waals surface area contributed by atoms with Crippen LogP contribution in [0.2, 0.25) is 0 Å². The van der Waals surface area contributed by atoms with Crippen LogP contribution in [0.3, 0.4) is 0 Å². The van der Waals surface area contributed by atoms with Crippen LogP contribution in [0, 0.1) is 11.6 Å². The molecule has 0 aliphatic heterocycles. The predicted octanol–water partition coefficient (Wildman–Crippen LogP) is 2.87. The minimum absolute atomic E-state index is 0.0558. The van der Waals surface area contributed by atoms with E-state index in [-0.39, 0.29) is 11.9 Å². The summed E-state index contributed by atoms with van der Waals surface area (Å²) < 4.78 is 31.5. The molecule has 0 spiro atoms. The fourth-order valence-electron chi connectivity index (χ4n) is 2.31. The van der Waals surface area contributed by atoms with Gasteiger partial charge in [0.15, 0.2) is 0 Å². The molecule has 17 heavy (non-hydrogen) atoms. The topological polar surface area (TPSA) is 21.3 Å². The van der Waals surface area contributed by atoms with Gasteiger partial charge in [-0.05, 0) is 25.8 Å². The van der Waals surface area contributed by atoms with Gasteiger partial charge in [0, 0.05) is 24.2 Å². The number of ether oxygens (including phenoxy) is 1. The standard InChI is InChI=1S/C13H17F2NO/c1-2-16-11-3-4-12(8-11)17-13-6-9(14)5-10(15)7-13/h5-7,11-12,16H,2-4,8H2,1H3. The van der Waals surface area contributed by atoms with Gasteiger partial charge in [0.05, 0.1) is 0 Å². The lowest BCUT2D eigenvalue weighted by Gasteiger charge is -2.14. The first-order valence-electron chi connectivity index (χ1n) is 6.03. The van der Waals surface area contributed by atoms with Gasteiger partial charge >= 0.3 is 0 Å². The lowest BCUT2D eigenvalue weighted by Crippen LogP contribution is -2.27. The summed E-state index contributed by atoms with van der Waals surface area (Å²) in [6.45, 7) is 3.00. The number of hydrogen-bond acceptors (Lipinski definition) is 2. The van der Waals surface area contributed by atoms with Crippen LogP contribution in [0.4, 0.5) is 8.78 Å². The molecule has 1 N–H and O–H groups in total. The third kappa shape index (κ3) is 3.40. The van der Waals surface area contributed by atoms with E-state index in [9.17, 15) is 8.78 Å². The van der Waals surface area contributed by atoms with Crippen molar-refractivity contribution in [1.29, 1.82) is 0 Å². The van der Waals surface area contributed by atoms with Gasteiger partial charge in [-0.1, -0.05) is 6.92 Å². The molecule has 2 atom stereocenters. The molecule has 2 rings (SSSR count). The Morgan fingerprint density at radius 1 is 1.24 bits per heavy atom. The van der Waals surface area contributed by atoms with Gasteiger partial charge in [0.25, 0.3) is 0 Å². The maximum atomic E-state index is 13.0. The van der Waals surface area contributed by atoms with E-state index in [1.165, 1.54) is 12.1 Å². The Kier molecular flexibility index (Phi) is 3.94. The molecule has 0 aromatic heterocycles. The minimum Gasteiger partial charge on any atom is -0.490 e. The van der Waals surface area contributed by atoms with Crippen LogP contribution in [0.15, 0.2) is 18.2 Å². The second kappa shape index (κ2) is 5.45. The van der Waals surface area contributed by atoms with Crippen molar-refractivity contribution in [3.05, 3.63) is 29.8 Å². The van der Waals surface area contributed by atoms with Crippen LogP contribution in [0.25, 0.3) is 0 Å². The Labute approximate surface area is 100.0 Å². The number of rotatable bonds is 4. The molecule has 1 fully saturated rings. The Bertz CT molecular complexity index is 363. The zero-order valence-corrected chi connectivity index (χ0v) is 9.88. The molecule has 1 aromatic carbocycles. The Hall–Kier alpha value is -1.16. The highest BCUT2D eigenvalue weighted by molar-refractivity contribution is 5.24. The van der Waals surface area contributed by atoms with Crippen molar-refractivity contribution in [3.63, 3.8) is 0 Å². The molecule has 0 bridgehead atoms. The van der Waals surface area contributed by atoms with Crippen molar-refractivity contribution in [1.82, 2.24) is 5.32 Å². The average Bonchev–Trinajstić information content (AvgIpc) is 2.64. The first-order chi connectivity index (χ1) is 8.17. The Morgan fingerprint density at radius 3 is 2.59 bits per heavy atom. The highest BCUT2D eigenvalue weighted by atomic mass is 19.1. The summed E-state index contributed by atoms with van der Waals surface area (Å²) in [7, 11) is 0. The normalized spacial score (nSPS) is 23.9. The molecule has 1 aliphatic rings. The second-order valence-corrected chi connectivity index (χ2v) is 4.41. The molecule has 1 saturated carbocycles. The molecule has 4 heteroatoms. The van der Waals surface area contributed by atoms with Gasteiger partial charge in [-0.3, -0.25) is 0 Å². The maximum absolute atomic E-state index is 13.0. The summed E-state index contributed by atoms with van der Waals surface area (Å²) in [6.07, 6.45) is 2.93. The van der Waals surface area contributed by atoms with Crippen LogP contribution in [-0.4, -0.2) is 18.7 Å². The summed E-state index contributed by atoms with van der Waals surface area (Å²) in [6, 6.07) is 3.76. The van der Waals surface area contributed by atoms with E-state index in [1.807, 2.05) is 0 Å². The van der Waals surface area contributed by atoms with Crippen molar-refractivity contribution in [2.45, 2.75) is 38.3 Å². The number of nitrogens with one attached hydrogen (secondary N) is 1. The van der Waals surface area contributed by atoms with Crippen LogP contribution in [0.1, 0.15) is 26.2 Å². The molecule has 0 amide bonds. The molecule has 1 aromatic rings. The van der Waals surface area contributed by atoms with Crippen molar-refractivity contribution in [3.8, 4) is 5.75 Å². The molecule has 0 heterocycles. The lowest BCUT2D eigenvalue weighted by atomic mass is 10.2. The van der Waals surface area contributed by atoms with E-state index in [2.05, 4.69) is 12.2 Å². The van der Waals surface area contributed by atoms with E-state index in [4.69, 9.17) is 4.74 Å². The van der Waals surface area contributed by atoms with Gasteiger partial charge in [0.2, 0.25) is 0 Å². The Balaban J connectivity index is 1.93. The molecule has 0 radical (unpaired) electrons. The summed E-state index contributed by atoms with van der Waals surface area (Å²) in [5.41, 5.74) is 0. The minimum atomic E-state index is -0.596. The van der Waals surface area contributed by atoms with E-state index in [0.717, 1.165) is 31.9 Å². The van der Waals surface area contributed by atoms with Gasteiger partial charge in [0.1, 0.15) is 23.5 Å². The number of hydrogen-bond donors (Lipinski definition) is 1. The molecule has 1 aliphatic carbocycles. The van der Waals surface area contributed by atoms with Gasteiger partial charge < -0.3 is 10.1 Å². The van der Waals surface area contributed by atoms with Gasteiger partial charge in [-0.25, -0.2) is 8.78 Å². The molecular formula is C13H17F2NO. The third-order valence-corrected chi connectivity index (χ3v) is 3.02. The lowest BCUT2D eigenvalue weighted by molar-refractivity contribution is 0.204. The van der Waals surface area contributed by atoms with Crippen molar-refractivity contribution in [2.75, 3.05) is 6.54 Å². The van der Waals surface area contributed by atoms with Crippen LogP contribution in [-0.2, 0) is 0 Å². The van der Waals surface area contributed by atoms with Crippen molar-refractivity contribution < 1.29 is 13.5 Å². The molecule has 2 unspecified atom stereocenters. The predicted molar refractivity (Wildman–Crippen MR) is 62.1 cm³/mol. The highest BCUT2D eigenvalue weighted by Crippen LogP contribution is 2.25. The second-order valence-electron chi connectivity index (χ2n) is 4.41. The van der Waals surface area contributed by atoms with Crippen molar-refractivity contribution >= 4 is 0 Å². The molecule has 0 saturated heterocycles. The first kappa shape index (κ1) is 12.3. The highest BCUT2D eigenvalue weighted by Gasteiger charge is 2.25. The van der Waals surface area contributed by atoms with Crippen LogP contribution >= 0.6 is 0 Å². The summed E-state index contributed by atoms with van der Waals surface area (Å²) in [5.74, 6) is -0.910. The fourth-order valence-corrected chi connectivity index (χ4v) is 2.31. The first-order valence-corrected chi connectivity index (χ1v) is 6.03. The average molecular weight is 241 g/mol. The number of halogens is 2. The zero-order chi connectivity index (χ0) is 12.3. The zero-order valence-electron chi connectivity index (χ0n) is 9.88. The SMILES string of the molecule is CCNC1CCC(Oc2cc(F)cc(F)c2)C1. The fraction of sp³-hybridized carbons (Fsp3) is 0.538. The summed E-state index contributed by atoms with van der Waals surface area (Å²) in [5, 5.41) is 3.35. The van der Waals surface area contributed by atoms with E-state index < -0.39 is 11.6 Å². The Morgan fingerprint density at radius 2 is 1.94 bits per heavy atom. The van der Waals surface area contributed by atoms with Crippen LogP contribution < -0.4 is 10.1 Å². The van der Waals surface area contributed by atoms with Gasteiger partial charge in [-0.15, -0.1) is 0 Å². The van der Waals surface area contributed by atoms with Gasteiger partial charge in [-0.2, -0.15) is 0 Å². The number of benzene rings is 1. The monoisotopic (exact) mass is 241 g/mol. The molecule has 2 nitrogen and oxygen atoms in total. The van der Waals surface area contributed by atoms with Crippen molar-refractivity contribution in [2.24, 2.45) is 0 Å². The smallest absolute Gasteiger partial charge is 0.129 e. The third-order valence-electron chi connectivity index (χ3n) is 3.02. The molecule has 94 valence electrons. The maximum Gasteiger partial charge on any atom is 0.129 e. The quantitative estimate of drug-likeness (QED) is 0.875.